The molecule has 0 bridgehead atoms. The normalized spacial score (nSPS) is 13.5. The Morgan fingerprint density at radius 2 is 2.00 bits per heavy atom. The minimum absolute atomic E-state index is 0.0498. The fraction of sp³-hybridized carbons (Fsp3) is 0.417. The maximum absolute atomic E-state index is 11.9. The zero-order valence-corrected chi connectivity index (χ0v) is 10.5. The Morgan fingerprint density at radius 3 is 2.59 bits per heavy atom. The van der Waals surface area contributed by atoms with Crippen molar-refractivity contribution in [2.45, 2.75) is 11.3 Å². The summed E-state index contributed by atoms with van der Waals surface area (Å²) in [4.78, 5) is 12.8. The van der Waals surface area contributed by atoms with Crippen LogP contribution < -0.4 is 15.2 Å². The molecule has 2 rings (SSSR count). The standard InChI is InChI=1S/C12H15NO3S/c1-17-12-7-11-10(15-4-5-16-11)6-8(12)9(14)2-3-13/h6-7H,2-5,13H2,1H3. The van der Waals surface area contributed by atoms with Crippen molar-refractivity contribution in [2.75, 3.05) is 26.0 Å². The number of carbonyl (C=O) groups excluding carboxylic acids is 1. The smallest absolute Gasteiger partial charge is 0.165 e. The zero-order chi connectivity index (χ0) is 12.3. The molecule has 0 atom stereocenters. The summed E-state index contributed by atoms with van der Waals surface area (Å²) in [6, 6.07) is 3.63. The van der Waals surface area contributed by atoms with Crippen molar-refractivity contribution in [1.82, 2.24) is 0 Å². The number of hydrogen-bond acceptors (Lipinski definition) is 5. The summed E-state index contributed by atoms with van der Waals surface area (Å²) in [5, 5.41) is 0. The molecule has 2 N–H and O–H groups in total. The van der Waals surface area contributed by atoms with Crippen molar-refractivity contribution >= 4 is 17.5 Å². The first kappa shape index (κ1) is 12.3. The minimum Gasteiger partial charge on any atom is -0.486 e. The second-order valence-electron chi connectivity index (χ2n) is 3.66. The molecule has 17 heavy (non-hydrogen) atoms. The molecule has 0 aliphatic carbocycles. The van der Waals surface area contributed by atoms with Crippen LogP contribution in [0.5, 0.6) is 11.5 Å². The first-order valence-electron chi connectivity index (χ1n) is 5.47. The lowest BCUT2D eigenvalue weighted by Gasteiger charge is -2.20. The Morgan fingerprint density at radius 1 is 1.35 bits per heavy atom. The largest absolute Gasteiger partial charge is 0.486 e. The van der Waals surface area contributed by atoms with Gasteiger partial charge in [-0.15, -0.1) is 11.8 Å². The van der Waals surface area contributed by atoms with E-state index in [1.54, 1.807) is 6.07 Å². The highest BCUT2D eigenvalue weighted by Crippen LogP contribution is 2.36. The van der Waals surface area contributed by atoms with Gasteiger partial charge in [-0.05, 0) is 24.9 Å². The van der Waals surface area contributed by atoms with Crippen LogP contribution in [0.3, 0.4) is 0 Å². The van der Waals surface area contributed by atoms with Crippen LogP contribution >= 0.6 is 11.8 Å². The summed E-state index contributed by atoms with van der Waals surface area (Å²) in [6.45, 7) is 1.44. The molecular weight excluding hydrogens is 238 g/mol. The number of ketones is 1. The summed E-state index contributed by atoms with van der Waals surface area (Å²) >= 11 is 1.53. The van der Waals surface area contributed by atoms with E-state index >= 15 is 0 Å². The molecule has 0 fully saturated rings. The van der Waals surface area contributed by atoms with E-state index in [-0.39, 0.29) is 5.78 Å². The quantitative estimate of drug-likeness (QED) is 0.654. The molecule has 5 heteroatoms. The first-order chi connectivity index (χ1) is 8.26. The number of carbonyl (C=O) groups is 1. The SMILES string of the molecule is CSc1cc2c(cc1C(=O)CCN)OCCO2. The average Bonchev–Trinajstić information content (AvgIpc) is 2.37. The molecule has 1 heterocycles. The van der Waals surface area contributed by atoms with Gasteiger partial charge >= 0.3 is 0 Å². The predicted molar refractivity (Wildman–Crippen MR) is 67.2 cm³/mol. The van der Waals surface area contributed by atoms with E-state index in [0.717, 1.165) is 4.90 Å². The highest BCUT2D eigenvalue weighted by Gasteiger charge is 2.18. The number of Topliss-reactive ketones (excluding diaryl/α,β-unsaturated/α-hetero) is 1. The molecular formula is C12H15NO3S. The molecule has 0 aromatic heterocycles. The molecule has 1 aromatic rings. The second kappa shape index (κ2) is 5.42. The average molecular weight is 253 g/mol. The van der Waals surface area contributed by atoms with Gasteiger partial charge in [0.15, 0.2) is 17.3 Å². The van der Waals surface area contributed by atoms with Crippen molar-refractivity contribution in [3.8, 4) is 11.5 Å². The fourth-order valence-electron chi connectivity index (χ4n) is 1.72. The van der Waals surface area contributed by atoms with E-state index < -0.39 is 0 Å². The number of ether oxygens (including phenoxy) is 2. The van der Waals surface area contributed by atoms with Crippen molar-refractivity contribution in [3.63, 3.8) is 0 Å². The van der Waals surface area contributed by atoms with Gasteiger partial charge < -0.3 is 15.2 Å². The number of hydrogen-bond donors (Lipinski definition) is 1. The van der Waals surface area contributed by atoms with Gasteiger partial charge in [0.1, 0.15) is 13.2 Å². The van der Waals surface area contributed by atoms with Crippen LogP contribution in [0.2, 0.25) is 0 Å². The Labute approximate surface area is 104 Å². The summed E-state index contributed by atoms with van der Waals surface area (Å²) in [5.41, 5.74) is 6.09. The Balaban J connectivity index is 2.39. The van der Waals surface area contributed by atoms with Crippen LogP contribution in [-0.4, -0.2) is 31.8 Å². The van der Waals surface area contributed by atoms with E-state index in [2.05, 4.69) is 0 Å². The van der Waals surface area contributed by atoms with E-state index in [1.165, 1.54) is 11.8 Å². The fourth-order valence-corrected chi connectivity index (χ4v) is 2.34. The molecule has 0 spiro atoms. The highest BCUT2D eigenvalue weighted by atomic mass is 32.2. The third-order valence-corrected chi connectivity index (χ3v) is 3.31. The van der Waals surface area contributed by atoms with Crippen molar-refractivity contribution < 1.29 is 14.3 Å². The first-order valence-corrected chi connectivity index (χ1v) is 6.69. The van der Waals surface area contributed by atoms with Gasteiger partial charge in [-0.1, -0.05) is 0 Å². The molecule has 0 saturated carbocycles. The van der Waals surface area contributed by atoms with E-state index in [1.807, 2.05) is 12.3 Å². The van der Waals surface area contributed by atoms with Gasteiger partial charge in [0.25, 0.3) is 0 Å². The number of nitrogens with two attached hydrogens (primary N) is 1. The van der Waals surface area contributed by atoms with Gasteiger partial charge in [-0.2, -0.15) is 0 Å². The number of fused-ring (bicyclic) bond motifs is 1. The molecule has 1 aromatic carbocycles. The Bertz CT molecular complexity index is 434. The van der Waals surface area contributed by atoms with Crippen molar-refractivity contribution in [3.05, 3.63) is 17.7 Å². The van der Waals surface area contributed by atoms with Gasteiger partial charge in [-0.25, -0.2) is 0 Å². The molecule has 0 saturated heterocycles. The van der Waals surface area contributed by atoms with Crippen LogP contribution in [-0.2, 0) is 0 Å². The highest BCUT2D eigenvalue weighted by molar-refractivity contribution is 7.98. The molecule has 92 valence electrons. The van der Waals surface area contributed by atoms with Gasteiger partial charge in [0.05, 0.1) is 0 Å². The number of rotatable bonds is 4. The molecule has 1 aliphatic heterocycles. The number of benzene rings is 1. The molecule has 4 nitrogen and oxygen atoms in total. The lowest BCUT2D eigenvalue weighted by Crippen LogP contribution is -2.16. The van der Waals surface area contributed by atoms with Gasteiger partial charge in [0, 0.05) is 16.9 Å². The zero-order valence-electron chi connectivity index (χ0n) is 9.69. The maximum Gasteiger partial charge on any atom is 0.165 e. The third kappa shape index (κ3) is 2.56. The van der Waals surface area contributed by atoms with Gasteiger partial charge in [-0.3, -0.25) is 4.79 Å². The van der Waals surface area contributed by atoms with E-state index in [9.17, 15) is 4.79 Å². The molecule has 0 radical (unpaired) electrons. The van der Waals surface area contributed by atoms with Crippen molar-refractivity contribution in [2.24, 2.45) is 5.73 Å². The Hall–Kier alpha value is -1.20. The predicted octanol–water partition coefficient (Wildman–Crippen LogP) is 1.71. The second-order valence-corrected chi connectivity index (χ2v) is 4.51. The summed E-state index contributed by atoms with van der Waals surface area (Å²) in [5.74, 6) is 1.41. The lowest BCUT2D eigenvalue weighted by atomic mass is 10.1. The Kier molecular flexibility index (Phi) is 3.91. The van der Waals surface area contributed by atoms with Gasteiger partial charge in [0.2, 0.25) is 0 Å². The third-order valence-electron chi connectivity index (χ3n) is 2.54. The summed E-state index contributed by atoms with van der Waals surface area (Å²) < 4.78 is 11.0. The minimum atomic E-state index is 0.0498. The molecule has 1 aliphatic rings. The van der Waals surface area contributed by atoms with Crippen molar-refractivity contribution in [1.29, 1.82) is 0 Å². The maximum atomic E-state index is 11.9. The van der Waals surface area contributed by atoms with Crippen LogP contribution in [0, 0.1) is 0 Å². The topological polar surface area (TPSA) is 61.6 Å². The lowest BCUT2D eigenvalue weighted by molar-refractivity contribution is 0.0981. The van der Waals surface area contributed by atoms with E-state index in [0.29, 0.717) is 43.2 Å². The van der Waals surface area contributed by atoms with Crippen LogP contribution in [0.4, 0.5) is 0 Å². The summed E-state index contributed by atoms with van der Waals surface area (Å²) in [6.07, 6.45) is 2.29. The number of thioether (sulfide) groups is 1. The monoisotopic (exact) mass is 253 g/mol. The van der Waals surface area contributed by atoms with Crippen LogP contribution in [0.1, 0.15) is 16.8 Å². The molecule has 0 amide bonds. The van der Waals surface area contributed by atoms with E-state index in [4.69, 9.17) is 15.2 Å². The molecule has 0 unspecified atom stereocenters. The summed E-state index contributed by atoms with van der Waals surface area (Å²) in [7, 11) is 0. The van der Waals surface area contributed by atoms with Crippen LogP contribution in [0.25, 0.3) is 0 Å². The van der Waals surface area contributed by atoms with Crippen LogP contribution in [0.15, 0.2) is 17.0 Å².